The summed E-state index contributed by atoms with van der Waals surface area (Å²) >= 11 is 1.66. The topological polar surface area (TPSA) is 80.7 Å². The molecule has 2 heterocycles. The zero-order chi connectivity index (χ0) is 24.9. The van der Waals surface area contributed by atoms with Crippen LogP contribution < -0.4 is 5.32 Å². The number of rotatable bonds is 9. The lowest BCUT2D eigenvalue weighted by Gasteiger charge is -2.38. The van der Waals surface area contributed by atoms with Crippen molar-refractivity contribution in [2.75, 3.05) is 18.5 Å². The molecule has 0 saturated carbocycles. The van der Waals surface area contributed by atoms with Gasteiger partial charge in [-0.1, -0.05) is 19.9 Å². The quantitative estimate of drug-likeness (QED) is 0.373. The van der Waals surface area contributed by atoms with E-state index in [9.17, 15) is 9.90 Å². The minimum atomic E-state index is -0.505. The lowest BCUT2D eigenvalue weighted by molar-refractivity contribution is -0.173. The first-order chi connectivity index (χ1) is 16.9. The summed E-state index contributed by atoms with van der Waals surface area (Å²) in [6.45, 7) is 8.90. The number of aliphatic hydroxyl groups excluding tert-OH is 1. The van der Waals surface area contributed by atoms with E-state index in [1.54, 1.807) is 11.3 Å². The number of fused-ring (bicyclic) bond motifs is 1. The Morgan fingerprint density at radius 2 is 2.00 bits per heavy atom. The molecule has 0 bridgehead atoms. The van der Waals surface area contributed by atoms with Crippen LogP contribution in [0.25, 0.3) is 20.8 Å². The minimum Gasteiger partial charge on any atom is -0.459 e. The van der Waals surface area contributed by atoms with Crippen molar-refractivity contribution < 1.29 is 19.4 Å². The molecule has 2 N–H and O–H groups in total. The fourth-order valence-corrected chi connectivity index (χ4v) is 5.64. The number of nitrogens with zero attached hydrogens (tertiary/aromatic N) is 1. The number of allylic oxidation sites excluding steroid dienone is 1. The van der Waals surface area contributed by atoms with Gasteiger partial charge in [0.2, 0.25) is 6.29 Å². The first-order valence-electron chi connectivity index (χ1n) is 12.3. The highest BCUT2D eigenvalue weighted by molar-refractivity contribution is 7.21. The van der Waals surface area contributed by atoms with Gasteiger partial charge in [0.15, 0.2) is 5.76 Å². The molecule has 7 heteroatoms. The number of anilines is 1. The summed E-state index contributed by atoms with van der Waals surface area (Å²) in [5.74, 6) is 0.524. The van der Waals surface area contributed by atoms with Gasteiger partial charge >= 0.3 is 0 Å². The van der Waals surface area contributed by atoms with E-state index in [1.165, 1.54) is 10.3 Å². The molecular formula is C28H34N2O4S. The Morgan fingerprint density at radius 3 is 2.69 bits per heavy atom. The number of hydrogen-bond donors (Lipinski definition) is 2. The average molecular weight is 495 g/mol. The molecular weight excluding hydrogens is 460 g/mol. The summed E-state index contributed by atoms with van der Waals surface area (Å²) in [5, 5.41) is 13.2. The van der Waals surface area contributed by atoms with E-state index in [-0.39, 0.29) is 30.1 Å². The fourth-order valence-electron chi connectivity index (χ4n) is 4.57. The van der Waals surface area contributed by atoms with Crippen LogP contribution in [0.4, 0.5) is 5.69 Å². The van der Waals surface area contributed by atoms with E-state index in [2.05, 4.69) is 38.2 Å². The van der Waals surface area contributed by atoms with Crippen LogP contribution in [0.15, 0.2) is 54.3 Å². The molecule has 1 aliphatic rings. The fraction of sp³-hybridized carbons (Fsp3) is 0.429. The van der Waals surface area contributed by atoms with Crippen LogP contribution in [0.5, 0.6) is 0 Å². The van der Waals surface area contributed by atoms with Gasteiger partial charge in [-0.15, -0.1) is 11.3 Å². The highest BCUT2D eigenvalue weighted by Gasteiger charge is 2.38. The summed E-state index contributed by atoms with van der Waals surface area (Å²) in [6, 6.07) is 14.0. The molecule has 4 rings (SSSR count). The molecule has 1 aromatic heterocycles. The minimum absolute atomic E-state index is 0.0931. The van der Waals surface area contributed by atoms with Gasteiger partial charge in [-0.05, 0) is 86.6 Å². The van der Waals surface area contributed by atoms with Crippen molar-refractivity contribution in [2.24, 2.45) is 17.8 Å². The number of thiazole rings is 1. The summed E-state index contributed by atoms with van der Waals surface area (Å²) < 4.78 is 13.1. The van der Waals surface area contributed by atoms with Gasteiger partial charge in [-0.2, -0.15) is 0 Å². The van der Waals surface area contributed by atoms with E-state index < -0.39 is 6.29 Å². The largest absolute Gasteiger partial charge is 0.459 e. The van der Waals surface area contributed by atoms with Crippen LogP contribution in [-0.2, 0) is 14.3 Å². The van der Waals surface area contributed by atoms with Gasteiger partial charge in [0.05, 0.1) is 10.2 Å². The van der Waals surface area contributed by atoms with Crippen molar-refractivity contribution >= 4 is 33.1 Å². The van der Waals surface area contributed by atoms with Crippen LogP contribution in [0.2, 0.25) is 0 Å². The SMILES string of the molecule is CCO[C@@H]1OC(C(=O)Nc2ccc(-c3nc4ccc(C)cc4s3)cc2)=C[C@H](C(C)C)[C@H]1CCCO. The summed E-state index contributed by atoms with van der Waals surface area (Å²) in [6.07, 6.45) is 2.88. The van der Waals surface area contributed by atoms with Gasteiger partial charge in [-0.3, -0.25) is 4.79 Å². The molecule has 0 aliphatic carbocycles. The summed E-state index contributed by atoms with van der Waals surface area (Å²) in [4.78, 5) is 17.8. The number of hydrogen-bond acceptors (Lipinski definition) is 6. The van der Waals surface area contributed by atoms with E-state index in [0.29, 0.717) is 24.6 Å². The second kappa shape index (κ2) is 11.3. The number of amides is 1. The van der Waals surface area contributed by atoms with Gasteiger partial charge in [0, 0.05) is 30.4 Å². The number of ether oxygens (including phenoxy) is 2. The van der Waals surface area contributed by atoms with Gasteiger partial charge < -0.3 is 19.9 Å². The molecule has 1 amide bonds. The van der Waals surface area contributed by atoms with Crippen molar-refractivity contribution in [3.8, 4) is 10.6 Å². The standard InChI is InChI=1S/C28H34N2O4S/c1-5-33-28-21(7-6-14-31)22(17(2)3)16-24(34-28)26(32)29-20-11-9-19(10-12-20)27-30-23-13-8-18(4)15-25(23)35-27/h8-13,15-17,21-22,28,31H,5-7,14H2,1-4H3,(H,29,32)/t21-,22-,28-/m1/s1. The molecule has 0 unspecified atom stereocenters. The molecule has 6 nitrogen and oxygen atoms in total. The molecule has 3 aromatic rings. The molecule has 186 valence electrons. The van der Waals surface area contributed by atoms with Crippen LogP contribution >= 0.6 is 11.3 Å². The van der Waals surface area contributed by atoms with Gasteiger partial charge in [0.1, 0.15) is 5.01 Å². The number of carbonyl (C=O) groups excluding carboxylic acids is 1. The summed E-state index contributed by atoms with van der Waals surface area (Å²) in [7, 11) is 0. The monoisotopic (exact) mass is 494 g/mol. The highest BCUT2D eigenvalue weighted by Crippen LogP contribution is 2.37. The predicted octanol–water partition coefficient (Wildman–Crippen LogP) is 6.15. The van der Waals surface area contributed by atoms with Crippen LogP contribution in [-0.4, -0.2) is 35.5 Å². The molecule has 3 atom stereocenters. The maximum atomic E-state index is 13.1. The molecule has 35 heavy (non-hydrogen) atoms. The molecule has 0 radical (unpaired) electrons. The zero-order valence-electron chi connectivity index (χ0n) is 20.8. The predicted molar refractivity (Wildman–Crippen MR) is 141 cm³/mol. The number of nitrogens with one attached hydrogen (secondary N) is 1. The second-order valence-corrected chi connectivity index (χ2v) is 10.4. The Labute approximate surface area is 211 Å². The van der Waals surface area contributed by atoms with Crippen LogP contribution in [0.1, 0.15) is 39.2 Å². The first kappa shape index (κ1) is 25.4. The number of aliphatic hydroxyl groups is 1. The maximum absolute atomic E-state index is 13.1. The number of aromatic nitrogens is 1. The third-order valence-corrected chi connectivity index (χ3v) is 7.45. The third kappa shape index (κ3) is 5.92. The Kier molecular flexibility index (Phi) is 8.21. The lowest BCUT2D eigenvalue weighted by atomic mass is 9.78. The van der Waals surface area contributed by atoms with E-state index in [1.807, 2.05) is 43.3 Å². The Balaban J connectivity index is 1.49. The van der Waals surface area contributed by atoms with E-state index in [0.717, 1.165) is 22.5 Å². The molecule has 1 aliphatic heterocycles. The molecule has 0 spiro atoms. The second-order valence-electron chi connectivity index (χ2n) is 9.35. The lowest BCUT2D eigenvalue weighted by Crippen LogP contribution is -2.40. The maximum Gasteiger partial charge on any atom is 0.290 e. The number of aryl methyl sites for hydroxylation is 1. The van der Waals surface area contributed by atoms with Crippen molar-refractivity contribution in [1.82, 2.24) is 4.98 Å². The number of carbonyl (C=O) groups is 1. The van der Waals surface area contributed by atoms with Crippen molar-refractivity contribution in [3.05, 3.63) is 59.9 Å². The molecule has 2 aromatic carbocycles. The number of benzene rings is 2. The Morgan fingerprint density at radius 1 is 1.23 bits per heavy atom. The van der Waals surface area contributed by atoms with Crippen molar-refractivity contribution in [1.29, 1.82) is 0 Å². The van der Waals surface area contributed by atoms with Crippen LogP contribution in [0, 0.1) is 24.7 Å². The van der Waals surface area contributed by atoms with Gasteiger partial charge in [0.25, 0.3) is 5.91 Å². The normalized spacial score (nSPS) is 20.1. The third-order valence-electron chi connectivity index (χ3n) is 6.38. The van der Waals surface area contributed by atoms with Crippen molar-refractivity contribution in [2.45, 2.75) is 46.8 Å². The molecule has 0 fully saturated rings. The van der Waals surface area contributed by atoms with Crippen molar-refractivity contribution in [3.63, 3.8) is 0 Å². The zero-order valence-corrected chi connectivity index (χ0v) is 21.6. The average Bonchev–Trinajstić information content (AvgIpc) is 3.26. The first-order valence-corrected chi connectivity index (χ1v) is 13.1. The Bertz CT molecular complexity index is 1190. The molecule has 0 saturated heterocycles. The van der Waals surface area contributed by atoms with Crippen LogP contribution in [0.3, 0.4) is 0 Å². The Hall–Kier alpha value is -2.74. The summed E-state index contributed by atoms with van der Waals surface area (Å²) in [5.41, 5.74) is 3.92. The van der Waals surface area contributed by atoms with E-state index in [4.69, 9.17) is 14.5 Å². The highest BCUT2D eigenvalue weighted by atomic mass is 32.1. The van der Waals surface area contributed by atoms with Gasteiger partial charge in [-0.25, -0.2) is 4.98 Å². The van der Waals surface area contributed by atoms with E-state index >= 15 is 0 Å². The smallest absolute Gasteiger partial charge is 0.290 e.